The van der Waals surface area contributed by atoms with E-state index < -0.39 is 12.1 Å². The molecule has 0 rings (SSSR count). The van der Waals surface area contributed by atoms with Gasteiger partial charge in [0.25, 0.3) is 0 Å². The molecule has 1 unspecified atom stereocenters. The number of hydrogen-bond acceptors (Lipinski definition) is 4. The highest BCUT2D eigenvalue weighted by molar-refractivity contribution is 9.09. The van der Waals surface area contributed by atoms with Crippen molar-refractivity contribution in [2.24, 2.45) is 0 Å². The van der Waals surface area contributed by atoms with Crippen molar-refractivity contribution in [1.82, 2.24) is 0 Å². The van der Waals surface area contributed by atoms with Crippen LogP contribution in [-0.4, -0.2) is 35.9 Å². The molecule has 6 heteroatoms. The van der Waals surface area contributed by atoms with Gasteiger partial charge in [-0.1, -0.05) is 42.1 Å². The van der Waals surface area contributed by atoms with Gasteiger partial charge in [-0.3, -0.25) is 9.59 Å². The topological polar surface area (TPSA) is 52.6 Å². The van der Waals surface area contributed by atoms with E-state index in [0.29, 0.717) is 11.9 Å². The van der Waals surface area contributed by atoms with Crippen molar-refractivity contribution in [3.05, 3.63) is 0 Å². The normalized spacial score (nSPS) is 11.9. The molecule has 0 aromatic carbocycles. The highest BCUT2D eigenvalue weighted by Gasteiger charge is 2.17. The molecule has 0 amide bonds. The monoisotopic (exact) mass is 342 g/mol. The van der Waals surface area contributed by atoms with Gasteiger partial charge in [0.2, 0.25) is 0 Å². The second-order valence-corrected chi connectivity index (χ2v) is 4.80. The molecular weight excluding hydrogens is 323 g/mol. The van der Waals surface area contributed by atoms with Crippen LogP contribution in [-0.2, 0) is 19.1 Å². The van der Waals surface area contributed by atoms with Gasteiger partial charge in [0.1, 0.15) is 12.0 Å². The molecule has 0 saturated heterocycles. The maximum Gasteiger partial charge on any atom is 0.321 e. The molecule has 0 bridgehead atoms. The summed E-state index contributed by atoms with van der Waals surface area (Å²) in [5.74, 6) is -1.09. The summed E-state index contributed by atoms with van der Waals surface area (Å²) in [6.45, 7) is 2.55. The minimum Gasteiger partial charge on any atom is -0.466 e. The average Bonchev–Trinajstić information content (AvgIpc) is 2.37. The number of esters is 2. The molecule has 0 aromatic rings. The summed E-state index contributed by atoms with van der Waals surface area (Å²) in [6, 6.07) is 0. The lowest BCUT2D eigenvalue weighted by Gasteiger charge is -2.14. The number of halogens is 2. The van der Waals surface area contributed by atoms with Crippen molar-refractivity contribution in [3.63, 3.8) is 0 Å². The first-order valence-corrected chi connectivity index (χ1v) is 7.76. The molecule has 0 fully saturated rings. The number of hydrogen-bond donors (Lipinski definition) is 0. The SMILES string of the molecule is CCCCCCOC(=O)CC(CBr)OC(=O)CCl. The summed E-state index contributed by atoms with van der Waals surface area (Å²) >= 11 is 8.49. The highest BCUT2D eigenvalue weighted by atomic mass is 79.9. The quantitative estimate of drug-likeness (QED) is 0.347. The predicted molar refractivity (Wildman–Crippen MR) is 74.1 cm³/mol. The van der Waals surface area contributed by atoms with Crippen LogP contribution in [0.3, 0.4) is 0 Å². The van der Waals surface area contributed by atoms with Crippen molar-refractivity contribution < 1.29 is 19.1 Å². The third-order valence-electron chi connectivity index (χ3n) is 2.23. The Kier molecular flexibility index (Phi) is 11.6. The van der Waals surface area contributed by atoms with Crippen LogP contribution in [0.15, 0.2) is 0 Å². The Labute approximate surface area is 121 Å². The minimum atomic E-state index is -0.531. The van der Waals surface area contributed by atoms with Gasteiger partial charge in [0.05, 0.1) is 13.0 Å². The summed E-state index contributed by atoms with van der Waals surface area (Å²) in [4.78, 5) is 22.4. The number of alkyl halides is 2. The van der Waals surface area contributed by atoms with Gasteiger partial charge in [-0.2, -0.15) is 0 Å². The summed E-state index contributed by atoms with van der Waals surface area (Å²) < 4.78 is 10.00. The molecule has 0 heterocycles. The van der Waals surface area contributed by atoms with E-state index >= 15 is 0 Å². The number of carbonyl (C=O) groups excluding carboxylic acids is 2. The van der Waals surface area contributed by atoms with Crippen LogP contribution < -0.4 is 0 Å². The van der Waals surface area contributed by atoms with Crippen LogP contribution >= 0.6 is 27.5 Å². The van der Waals surface area contributed by atoms with Crippen molar-refractivity contribution >= 4 is 39.5 Å². The largest absolute Gasteiger partial charge is 0.466 e. The van der Waals surface area contributed by atoms with E-state index in [1.807, 2.05) is 0 Å². The second-order valence-electron chi connectivity index (χ2n) is 3.89. The zero-order valence-electron chi connectivity index (χ0n) is 10.6. The van der Waals surface area contributed by atoms with Crippen LogP contribution in [0.2, 0.25) is 0 Å². The number of carbonyl (C=O) groups is 2. The Morgan fingerprint density at radius 1 is 1.22 bits per heavy atom. The second kappa shape index (κ2) is 11.8. The van der Waals surface area contributed by atoms with Crippen molar-refractivity contribution in [2.45, 2.75) is 45.1 Å². The zero-order valence-corrected chi connectivity index (χ0v) is 13.0. The minimum absolute atomic E-state index is 0.0572. The van der Waals surface area contributed by atoms with E-state index in [-0.39, 0.29) is 18.3 Å². The lowest BCUT2D eigenvalue weighted by Crippen LogP contribution is -2.24. The standard InChI is InChI=1S/C12H20BrClO4/c1-2-3-4-5-6-17-11(15)7-10(8-13)18-12(16)9-14/h10H,2-9H2,1H3. The van der Waals surface area contributed by atoms with Crippen LogP contribution in [0.25, 0.3) is 0 Å². The van der Waals surface area contributed by atoms with Crippen LogP contribution in [0, 0.1) is 0 Å². The zero-order chi connectivity index (χ0) is 13.8. The van der Waals surface area contributed by atoms with E-state index in [2.05, 4.69) is 22.9 Å². The first-order valence-electron chi connectivity index (χ1n) is 6.11. The Morgan fingerprint density at radius 2 is 1.94 bits per heavy atom. The molecular formula is C12H20BrClO4. The summed E-state index contributed by atoms with van der Waals surface area (Å²) in [5.41, 5.74) is 0. The molecule has 18 heavy (non-hydrogen) atoms. The molecule has 0 aliphatic rings. The molecule has 0 saturated carbocycles. The molecule has 0 N–H and O–H groups in total. The van der Waals surface area contributed by atoms with Gasteiger partial charge in [-0.25, -0.2) is 0 Å². The van der Waals surface area contributed by atoms with E-state index in [1.54, 1.807) is 0 Å². The third-order valence-corrected chi connectivity index (χ3v) is 3.17. The first kappa shape index (κ1) is 17.7. The fourth-order valence-electron chi connectivity index (χ4n) is 1.30. The third kappa shape index (κ3) is 9.71. The molecule has 0 spiro atoms. The van der Waals surface area contributed by atoms with Gasteiger partial charge in [-0.05, 0) is 6.42 Å². The Morgan fingerprint density at radius 3 is 2.50 bits per heavy atom. The van der Waals surface area contributed by atoms with Crippen LogP contribution in [0.4, 0.5) is 0 Å². The molecule has 4 nitrogen and oxygen atoms in total. The smallest absolute Gasteiger partial charge is 0.321 e. The molecule has 0 aliphatic heterocycles. The highest BCUT2D eigenvalue weighted by Crippen LogP contribution is 2.06. The number of ether oxygens (including phenoxy) is 2. The van der Waals surface area contributed by atoms with Gasteiger partial charge in [-0.15, -0.1) is 11.6 Å². The van der Waals surface area contributed by atoms with E-state index in [9.17, 15) is 9.59 Å². The van der Waals surface area contributed by atoms with Gasteiger partial charge in [0, 0.05) is 5.33 Å². The van der Waals surface area contributed by atoms with E-state index in [0.717, 1.165) is 25.7 Å². The molecule has 106 valence electrons. The summed E-state index contributed by atoms with van der Waals surface area (Å²) in [5, 5.41) is 0.389. The Bertz CT molecular complexity index is 248. The fourth-order valence-corrected chi connectivity index (χ4v) is 1.73. The molecule has 1 atom stereocenters. The molecule has 0 aromatic heterocycles. The van der Waals surface area contributed by atoms with Crippen LogP contribution in [0.1, 0.15) is 39.0 Å². The number of unbranched alkanes of at least 4 members (excludes halogenated alkanes) is 3. The Hall–Kier alpha value is -0.290. The van der Waals surface area contributed by atoms with Gasteiger partial charge < -0.3 is 9.47 Å². The predicted octanol–water partition coefficient (Wildman–Crippen LogP) is 3.05. The maximum absolute atomic E-state index is 11.4. The molecule has 0 radical (unpaired) electrons. The average molecular weight is 344 g/mol. The van der Waals surface area contributed by atoms with Gasteiger partial charge in [0.15, 0.2) is 0 Å². The number of rotatable bonds is 10. The van der Waals surface area contributed by atoms with Crippen molar-refractivity contribution in [3.8, 4) is 0 Å². The lowest BCUT2D eigenvalue weighted by atomic mass is 10.2. The van der Waals surface area contributed by atoms with Gasteiger partial charge >= 0.3 is 11.9 Å². The van der Waals surface area contributed by atoms with Crippen molar-refractivity contribution in [1.29, 1.82) is 0 Å². The van der Waals surface area contributed by atoms with Crippen molar-refractivity contribution in [2.75, 3.05) is 17.8 Å². The fraction of sp³-hybridized carbons (Fsp3) is 0.833. The van der Waals surface area contributed by atoms with E-state index in [4.69, 9.17) is 21.1 Å². The van der Waals surface area contributed by atoms with Crippen LogP contribution in [0.5, 0.6) is 0 Å². The summed E-state index contributed by atoms with van der Waals surface area (Å²) in [6.07, 6.45) is 3.77. The Balaban J connectivity index is 3.72. The first-order chi connectivity index (χ1) is 8.63. The lowest BCUT2D eigenvalue weighted by molar-refractivity contribution is -0.152. The summed E-state index contributed by atoms with van der Waals surface area (Å²) in [7, 11) is 0. The molecule has 0 aliphatic carbocycles. The van der Waals surface area contributed by atoms with E-state index in [1.165, 1.54) is 0 Å². The maximum atomic E-state index is 11.4.